The van der Waals surface area contributed by atoms with E-state index in [1.165, 1.54) is 58.2 Å². The number of nitrogens with two attached hydrogens (primary N) is 1. The van der Waals surface area contributed by atoms with Gasteiger partial charge in [0, 0.05) is 24.7 Å². The van der Waals surface area contributed by atoms with Crippen LogP contribution in [0.4, 0.5) is 0 Å². The van der Waals surface area contributed by atoms with Crippen LogP contribution in [-0.4, -0.2) is 54.6 Å². The Morgan fingerprint density at radius 3 is 2.29 bits per heavy atom. The molecule has 1 aliphatic carbocycles. The average molecular weight is 237 g/mol. The third-order valence-electron chi connectivity index (χ3n) is 5.77. The number of rotatable bonds is 3. The molecule has 2 bridgehead atoms. The third-order valence-corrected chi connectivity index (χ3v) is 5.77. The van der Waals surface area contributed by atoms with E-state index in [1.807, 2.05) is 0 Å². The number of hydrogen-bond donors (Lipinski definition) is 1. The molecule has 3 aliphatic heterocycles. The summed E-state index contributed by atoms with van der Waals surface area (Å²) in [7, 11) is 2.35. The van der Waals surface area contributed by atoms with Crippen LogP contribution in [0.1, 0.15) is 38.5 Å². The van der Waals surface area contributed by atoms with Crippen LogP contribution in [0.3, 0.4) is 0 Å². The molecule has 17 heavy (non-hydrogen) atoms. The predicted octanol–water partition coefficient (Wildman–Crippen LogP) is 1.28. The van der Waals surface area contributed by atoms with Gasteiger partial charge in [0.05, 0.1) is 0 Å². The van der Waals surface area contributed by atoms with Crippen molar-refractivity contribution in [2.45, 2.75) is 50.1 Å². The largest absolute Gasteiger partial charge is 0.329 e. The van der Waals surface area contributed by atoms with Crippen LogP contribution in [0.5, 0.6) is 0 Å². The van der Waals surface area contributed by atoms with Gasteiger partial charge >= 0.3 is 0 Å². The van der Waals surface area contributed by atoms with Gasteiger partial charge in [0.15, 0.2) is 0 Å². The molecule has 3 nitrogen and oxygen atoms in total. The molecule has 0 spiro atoms. The van der Waals surface area contributed by atoms with Crippen LogP contribution < -0.4 is 5.73 Å². The number of hydrogen-bond acceptors (Lipinski definition) is 3. The smallest absolute Gasteiger partial charge is 0.0487 e. The quantitative estimate of drug-likeness (QED) is 0.803. The molecule has 0 radical (unpaired) electrons. The fourth-order valence-electron chi connectivity index (χ4n) is 4.57. The highest BCUT2D eigenvalue weighted by Crippen LogP contribution is 2.41. The number of piperidine rings is 3. The molecule has 4 aliphatic rings. The van der Waals surface area contributed by atoms with Gasteiger partial charge in [-0.25, -0.2) is 0 Å². The molecule has 3 heteroatoms. The van der Waals surface area contributed by atoms with E-state index in [-0.39, 0.29) is 0 Å². The van der Waals surface area contributed by atoms with E-state index in [9.17, 15) is 0 Å². The van der Waals surface area contributed by atoms with E-state index in [0.717, 1.165) is 18.5 Å². The molecule has 2 N–H and O–H groups in total. The fraction of sp³-hybridized carbons (Fsp3) is 1.00. The average Bonchev–Trinajstić information content (AvgIpc) is 2.92. The lowest BCUT2D eigenvalue weighted by molar-refractivity contribution is -0.0720. The summed E-state index contributed by atoms with van der Waals surface area (Å²) in [5, 5.41) is 0. The van der Waals surface area contributed by atoms with Gasteiger partial charge in [-0.15, -0.1) is 0 Å². The minimum absolute atomic E-state index is 0.297. The summed E-state index contributed by atoms with van der Waals surface area (Å²) in [6, 6.07) is 0.805. The summed E-state index contributed by atoms with van der Waals surface area (Å²) in [6.07, 6.45) is 8.37. The highest BCUT2D eigenvalue weighted by Gasteiger charge is 2.49. The number of nitrogens with zero attached hydrogens (tertiary/aromatic N) is 2. The summed E-state index contributed by atoms with van der Waals surface area (Å²) < 4.78 is 0. The van der Waals surface area contributed by atoms with Crippen molar-refractivity contribution in [3.05, 3.63) is 0 Å². The summed E-state index contributed by atoms with van der Waals surface area (Å²) in [5.74, 6) is 0.850. The van der Waals surface area contributed by atoms with E-state index in [2.05, 4.69) is 16.8 Å². The molecule has 4 rings (SSSR count). The van der Waals surface area contributed by atoms with Gasteiger partial charge in [-0.2, -0.15) is 0 Å². The van der Waals surface area contributed by atoms with E-state index in [1.54, 1.807) is 0 Å². The van der Waals surface area contributed by atoms with Gasteiger partial charge in [0.25, 0.3) is 0 Å². The molecule has 0 aromatic heterocycles. The number of fused-ring (bicyclic) bond motifs is 3. The first-order valence-corrected chi connectivity index (χ1v) is 7.41. The second-order valence-electron chi connectivity index (χ2n) is 6.41. The molecule has 1 unspecified atom stereocenters. The van der Waals surface area contributed by atoms with Gasteiger partial charge in [0.2, 0.25) is 0 Å². The maximum absolute atomic E-state index is 6.22. The van der Waals surface area contributed by atoms with Crippen molar-refractivity contribution in [3.63, 3.8) is 0 Å². The van der Waals surface area contributed by atoms with Crippen molar-refractivity contribution in [1.29, 1.82) is 0 Å². The van der Waals surface area contributed by atoms with E-state index >= 15 is 0 Å². The Kier molecular flexibility index (Phi) is 3.18. The topological polar surface area (TPSA) is 32.5 Å². The first-order valence-electron chi connectivity index (χ1n) is 7.41. The van der Waals surface area contributed by atoms with Crippen LogP contribution in [0.15, 0.2) is 0 Å². The molecule has 1 saturated carbocycles. The standard InChI is InChI=1S/C14H27N3/c1-16(13-4-2-3-5-13)14(10-15)11-17-8-6-12(14)7-9-17/h12-13H,2-11,15H2,1H3. The second kappa shape index (κ2) is 4.52. The normalized spacial score (nSPS) is 42.5. The maximum Gasteiger partial charge on any atom is 0.0487 e. The van der Waals surface area contributed by atoms with E-state index < -0.39 is 0 Å². The molecule has 0 aromatic rings. The van der Waals surface area contributed by atoms with Crippen molar-refractivity contribution in [2.24, 2.45) is 11.7 Å². The zero-order chi connectivity index (χ0) is 11.9. The van der Waals surface area contributed by atoms with E-state index in [4.69, 9.17) is 5.73 Å². The summed E-state index contributed by atoms with van der Waals surface area (Å²) >= 11 is 0. The molecule has 3 saturated heterocycles. The summed E-state index contributed by atoms with van der Waals surface area (Å²) in [6.45, 7) is 4.69. The Labute approximate surface area is 105 Å². The van der Waals surface area contributed by atoms with Gasteiger partial charge in [-0.05, 0) is 51.7 Å². The Balaban J connectivity index is 1.80. The second-order valence-corrected chi connectivity index (χ2v) is 6.41. The molecular formula is C14H27N3. The van der Waals surface area contributed by atoms with Crippen molar-refractivity contribution in [3.8, 4) is 0 Å². The lowest BCUT2D eigenvalue weighted by atomic mass is 9.71. The van der Waals surface area contributed by atoms with E-state index in [0.29, 0.717) is 5.54 Å². The molecule has 1 atom stereocenters. The Hall–Kier alpha value is -0.120. The Morgan fingerprint density at radius 2 is 1.82 bits per heavy atom. The molecule has 0 aromatic carbocycles. The van der Waals surface area contributed by atoms with Crippen molar-refractivity contribution >= 4 is 0 Å². The maximum atomic E-state index is 6.22. The predicted molar refractivity (Wildman–Crippen MR) is 71.0 cm³/mol. The zero-order valence-electron chi connectivity index (χ0n) is 11.2. The minimum Gasteiger partial charge on any atom is -0.329 e. The number of likely N-dealkylation sites (N-methyl/N-ethyl adjacent to an activating group) is 1. The lowest BCUT2D eigenvalue weighted by Crippen LogP contribution is -2.70. The van der Waals surface area contributed by atoms with Gasteiger partial charge in [-0.3, -0.25) is 4.90 Å². The van der Waals surface area contributed by atoms with Gasteiger partial charge in [-0.1, -0.05) is 12.8 Å². The summed E-state index contributed by atoms with van der Waals surface area (Å²) in [5.41, 5.74) is 6.52. The third kappa shape index (κ3) is 1.83. The van der Waals surface area contributed by atoms with Crippen LogP contribution in [-0.2, 0) is 0 Å². The Bertz CT molecular complexity index is 267. The highest BCUT2D eigenvalue weighted by atomic mass is 15.3. The zero-order valence-corrected chi connectivity index (χ0v) is 11.2. The minimum atomic E-state index is 0.297. The molecule has 4 fully saturated rings. The Morgan fingerprint density at radius 1 is 1.18 bits per heavy atom. The summed E-state index contributed by atoms with van der Waals surface area (Å²) in [4.78, 5) is 5.33. The first-order chi connectivity index (χ1) is 8.26. The molecular weight excluding hydrogens is 210 g/mol. The van der Waals surface area contributed by atoms with Crippen LogP contribution in [0, 0.1) is 5.92 Å². The molecule has 3 heterocycles. The van der Waals surface area contributed by atoms with Gasteiger partial charge in [0.1, 0.15) is 0 Å². The molecule has 0 amide bonds. The monoisotopic (exact) mass is 237 g/mol. The first kappa shape index (κ1) is 11.9. The highest BCUT2D eigenvalue weighted by molar-refractivity contribution is 5.07. The van der Waals surface area contributed by atoms with Crippen molar-refractivity contribution < 1.29 is 0 Å². The lowest BCUT2D eigenvalue weighted by Gasteiger charge is -2.58. The van der Waals surface area contributed by atoms with Gasteiger partial charge < -0.3 is 10.6 Å². The van der Waals surface area contributed by atoms with Crippen LogP contribution >= 0.6 is 0 Å². The van der Waals surface area contributed by atoms with Crippen molar-refractivity contribution in [1.82, 2.24) is 9.80 Å². The van der Waals surface area contributed by atoms with Crippen LogP contribution in [0.25, 0.3) is 0 Å². The fourth-order valence-corrected chi connectivity index (χ4v) is 4.57. The molecule has 98 valence electrons. The SMILES string of the molecule is CN(C1CCCC1)C1(CN)CN2CCC1CC2. The van der Waals surface area contributed by atoms with Crippen molar-refractivity contribution in [2.75, 3.05) is 33.2 Å². The van der Waals surface area contributed by atoms with Crippen LogP contribution in [0.2, 0.25) is 0 Å².